The third kappa shape index (κ3) is 2.51. The topological polar surface area (TPSA) is 42.0 Å². The minimum absolute atomic E-state index is 0.196. The Morgan fingerprint density at radius 2 is 2.00 bits per heavy atom. The summed E-state index contributed by atoms with van der Waals surface area (Å²) in [5.41, 5.74) is 1.34. The fourth-order valence-electron chi connectivity index (χ4n) is 1.47. The Labute approximate surface area is 102 Å². The van der Waals surface area contributed by atoms with Crippen molar-refractivity contribution in [2.75, 3.05) is 5.32 Å². The number of anilines is 1. The number of nitrogens with zero attached hydrogens (tertiary/aromatic N) is 1. The van der Waals surface area contributed by atoms with E-state index >= 15 is 0 Å². The van der Waals surface area contributed by atoms with Crippen molar-refractivity contribution in [3.05, 3.63) is 59.4 Å². The number of aromatic nitrogens is 1. The summed E-state index contributed by atoms with van der Waals surface area (Å²) in [5, 5.41) is 2.48. The molecule has 1 amide bonds. The van der Waals surface area contributed by atoms with Gasteiger partial charge in [-0.25, -0.2) is 8.78 Å². The van der Waals surface area contributed by atoms with Crippen molar-refractivity contribution in [2.45, 2.75) is 6.92 Å². The Hall–Kier alpha value is -2.30. The summed E-state index contributed by atoms with van der Waals surface area (Å²) in [6, 6.07) is 4.88. The summed E-state index contributed by atoms with van der Waals surface area (Å²) in [6.07, 6.45) is 2.99. The first-order chi connectivity index (χ1) is 8.58. The van der Waals surface area contributed by atoms with Crippen molar-refractivity contribution in [1.29, 1.82) is 0 Å². The number of hydrogen-bond acceptors (Lipinski definition) is 2. The van der Waals surface area contributed by atoms with Crippen LogP contribution in [0.3, 0.4) is 0 Å². The van der Waals surface area contributed by atoms with E-state index in [-0.39, 0.29) is 5.69 Å². The summed E-state index contributed by atoms with van der Waals surface area (Å²) in [6.45, 7) is 1.77. The molecule has 2 rings (SSSR count). The molecule has 0 spiro atoms. The molecule has 1 aromatic carbocycles. The molecule has 5 heteroatoms. The number of rotatable bonds is 2. The number of carbonyl (C=O) groups excluding carboxylic acids is 1. The molecule has 0 aliphatic heterocycles. The predicted octanol–water partition coefficient (Wildman–Crippen LogP) is 2.92. The first kappa shape index (κ1) is 12.2. The number of hydrogen-bond donors (Lipinski definition) is 1. The lowest BCUT2D eigenvalue weighted by atomic mass is 10.1. The number of benzene rings is 1. The summed E-state index contributed by atoms with van der Waals surface area (Å²) >= 11 is 0. The predicted molar refractivity (Wildman–Crippen MR) is 63.3 cm³/mol. The summed E-state index contributed by atoms with van der Waals surface area (Å²) in [5.74, 6) is -2.37. The molecule has 18 heavy (non-hydrogen) atoms. The molecule has 0 fully saturated rings. The molecule has 0 radical (unpaired) electrons. The first-order valence-corrected chi connectivity index (χ1v) is 5.25. The van der Waals surface area contributed by atoms with Crippen molar-refractivity contribution in [3.63, 3.8) is 0 Å². The molecule has 0 unspecified atom stereocenters. The van der Waals surface area contributed by atoms with Gasteiger partial charge in [-0.1, -0.05) is 0 Å². The Balaban J connectivity index is 2.22. The molecule has 92 valence electrons. The zero-order valence-corrected chi connectivity index (χ0v) is 9.58. The fraction of sp³-hybridized carbons (Fsp3) is 0.0769. The second kappa shape index (κ2) is 4.91. The highest BCUT2D eigenvalue weighted by molar-refractivity contribution is 6.04. The van der Waals surface area contributed by atoms with Crippen molar-refractivity contribution in [2.24, 2.45) is 0 Å². The van der Waals surface area contributed by atoms with Gasteiger partial charge in [0.1, 0.15) is 0 Å². The normalized spacial score (nSPS) is 10.2. The maximum absolute atomic E-state index is 13.0. The van der Waals surface area contributed by atoms with E-state index in [2.05, 4.69) is 10.3 Å². The van der Waals surface area contributed by atoms with E-state index in [9.17, 15) is 13.6 Å². The van der Waals surface area contributed by atoms with Gasteiger partial charge in [-0.15, -0.1) is 0 Å². The molecular formula is C13H10F2N2O. The minimum Gasteiger partial charge on any atom is -0.322 e. The number of pyridine rings is 1. The third-order valence-electron chi connectivity index (χ3n) is 2.46. The van der Waals surface area contributed by atoms with Crippen LogP contribution in [-0.4, -0.2) is 10.9 Å². The summed E-state index contributed by atoms with van der Waals surface area (Å²) in [7, 11) is 0. The van der Waals surface area contributed by atoms with Crippen LogP contribution >= 0.6 is 0 Å². The van der Waals surface area contributed by atoms with Crippen molar-refractivity contribution < 1.29 is 13.6 Å². The molecule has 0 aliphatic rings. The standard InChI is InChI=1S/C13H10F2N2O/c1-8-4-5-16-7-10(8)13(18)17-9-2-3-11(14)12(15)6-9/h2-7H,1H3,(H,17,18). The van der Waals surface area contributed by atoms with Crippen molar-refractivity contribution in [3.8, 4) is 0 Å². The van der Waals surface area contributed by atoms with Gasteiger partial charge in [-0.2, -0.15) is 0 Å². The van der Waals surface area contributed by atoms with Gasteiger partial charge in [-0.3, -0.25) is 9.78 Å². The molecule has 1 aromatic heterocycles. The number of amides is 1. The van der Waals surface area contributed by atoms with Crippen LogP contribution in [-0.2, 0) is 0 Å². The molecule has 1 heterocycles. The molecule has 0 bridgehead atoms. The van der Waals surface area contributed by atoms with Gasteiger partial charge in [-0.05, 0) is 30.7 Å². The smallest absolute Gasteiger partial charge is 0.257 e. The second-order valence-electron chi connectivity index (χ2n) is 3.77. The summed E-state index contributed by atoms with van der Waals surface area (Å²) in [4.78, 5) is 15.7. The number of nitrogens with one attached hydrogen (secondary N) is 1. The van der Waals surface area contributed by atoms with Crippen LogP contribution in [0, 0.1) is 18.6 Å². The van der Waals surface area contributed by atoms with Crippen LogP contribution in [0.25, 0.3) is 0 Å². The lowest BCUT2D eigenvalue weighted by Crippen LogP contribution is -2.13. The fourth-order valence-corrected chi connectivity index (χ4v) is 1.47. The lowest BCUT2D eigenvalue weighted by molar-refractivity contribution is 0.102. The monoisotopic (exact) mass is 248 g/mol. The molecule has 0 saturated heterocycles. The number of aryl methyl sites for hydroxylation is 1. The van der Waals surface area contributed by atoms with Crippen LogP contribution in [0.15, 0.2) is 36.7 Å². The van der Waals surface area contributed by atoms with Crippen molar-refractivity contribution in [1.82, 2.24) is 4.98 Å². The zero-order valence-electron chi connectivity index (χ0n) is 9.58. The van der Waals surface area contributed by atoms with Crippen molar-refractivity contribution >= 4 is 11.6 Å². The van der Waals surface area contributed by atoms with E-state index in [1.54, 1.807) is 19.2 Å². The van der Waals surface area contributed by atoms with Gasteiger partial charge in [0.25, 0.3) is 5.91 Å². The maximum Gasteiger partial charge on any atom is 0.257 e. The van der Waals surface area contributed by atoms with E-state index < -0.39 is 17.5 Å². The van der Waals surface area contributed by atoms with E-state index in [0.29, 0.717) is 5.56 Å². The Bertz CT molecular complexity index is 599. The van der Waals surface area contributed by atoms with Crippen LogP contribution < -0.4 is 5.32 Å². The van der Waals surface area contributed by atoms with E-state index in [1.165, 1.54) is 12.3 Å². The quantitative estimate of drug-likeness (QED) is 0.887. The third-order valence-corrected chi connectivity index (χ3v) is 2.46. The molecule has 1 N–H and O–H groups in total. The Morgan fingerprint density at radius 3 is 2.67 bits per heavy atom. The van der Waals surface area contributed by atoms with Gasteiger partial charge in [0, 0.05) is 24.1 Å². The van der Waals surface area contributed by atoms with Gasteiger partial charge in [0.15, 0.2) is 11.6 Å². The Kier molecular flexibility index (Phi) is 3.32. The molecule has 0 aliphatic carbocycles. The lowest BCUT2D eigenvalue weighted by Gasteiger charge is -2.07. The van der Waals surface area contributed by atoms with E-state index in [4.69, 9.17) is 0 Å². The highest BCUT2D eigenvalue weighted by Crippen LogP contribution is 2.15. The van der Waals surface area contributed by atoms with E-state index in [0.717, 1.165) is 17.7 Å². The molecule has 0 saturated carbocycles. The molecule has 2 aromatic rings. The van der Waals surface area contributed by atoms with Crippen LogP contribution in [0.4, 0.5) is 14.5 Å². The van der Waals surface area contributed by atoms with Gasteiger partial charge >= 0.3 is 0 Å². The average molecular weight is 248 g/mol. The summed E-state index contributed by atoms with van der Waals surface area (Å²) < 4.78 is 25.7. The Morgan fingerprint density at radius 1 is 1.22 bits per heavy atom. The van der Waals surface area contributed by atoms with Gasteiger partial charge in [0.2, 0.25) is 0 Å². The molecule has 3 nitrogen and oxygen atoms in total. The maximum atomic E-state index is 13.0. The van der Waals surface area contributed by atoms with Crippen LogP contribution in [0.5, 0.6) is 0 Å². The van der Waals surface area contributed by atoms with E-state index in [1.807, 2.05) is 0 Å². The van der Waals surface area contributed by atoms with Crippen LogP contribution in [0.1, 0.15) is 15.9 Å². The zero-order chi connectivity index (χ0) is 13.1. The minimum atomic E-state index is -1.00. The largest absolute Gasteiger partial charge is 0.322 e. The first-order valence-electron chi connectivity index (χ1n) is 5.25. The molecular weight excluding hydrogens is 238 g/mol. The number of halogens is 2. The second-order valence-corrected chi connectivity index (χ2v) is 3.77. The highest BCUT2D eigenvalue weighted by atomic mass is 19.2. The average Bonchev–Trinajstić information content (AvgIpc) is 2.34. The number of carbonyl (C=O) groups is 1. The SMILES string of the molecule is Cc1ccncc1C(=O)Nc1ccc(F)c(F)c1. The molecule has 0 atom stereocenters. The highest BCUT2D eigenvalue weighted by Gasteiger charge is 2.10. The van der Waals surface area contributed by atoms with Gasteiger partial charge in [0.05, 0.1) is 5.56 Å². The van der Waals surface area contributed by atoms with Crippen LogP contribution in [0.2, 0.25) is 0 Å². The van der Waals surface area contributed by atoms with Gasteiger partial charge < -0.3 is 5.32 Å².